The van der Waals surface area contributed by atoms with Crippen LogP contribution in [-0.2, 0) is 17.4 Å². The van der Waals surface area contributed by atoms with Gasteiger partial charge in [0.2, 0.25) is 0 Å². The molecule has 0 aliphatic heterocycles. The molecule has 0 unspecified atom stereocenters. The van der Waals surface area contributed by atoms with Gasteiger partial charge in [-0.25, -0.2) is 0 Å². The van der Waals surface area contributed by atoms with Gasteiger partial charge in [0.05, 0.1) is 11.5 Å². The molecule has 2 nitrogen and oxygen atoms in total. The van der Waals surface area contributed by atoms with Crippen molar-refractivity contribution in [2.24, 2.45) is 0 Å². The highest BCUT2D eigenvalue weighted by Crippen LogP contribution is 2.31. The molecule has 2 aromatic carbocycles. The molecule has 1 atom stereocenters. The summed E-state index contributed by atoms with van der Waals surface area (Å²) in [6, 6.07) is 13.7. The fraction of sp³-hybridized carbons (Fsp3) is 0.235. The number of carboxylic acid groups (broad SMARTS) is 1. The maximum Gasteiger partial charge on any atom is 0.416 e. The molecule has 0 bridgehead atoms. The van der Waals surface area contributed by atoms with Crippen LogP contribution in [0.15, 0.2) is 54.6 Å². The summed E-state index contributed by atoms with van der Waals surface area (Å²) < 4.78 is 37.6. The minimum atomic E-state index is -4.42. The summed E-state index contributed by atoms with van der Waals surface area (Å²) in [4.78, 5) is 11.4. The van der Waals surface area contributed by atoms with Crippen molar-refractivity contribution in [1.29, 1.82) is 0 Å². The van der Waals surface area contributed by atoms with Crippen molar-refractivity contribution in [2.75, 3.05) is 0 Å². The summed E-state index contributed by atoms with van der Waals surface area (Å²) in [5, 5.41) is 9.31. The first-order valence-corrected chi connectivity index (χ1v) is 6.82. The molecule has 0 heterocycles. The molecule has 116 valence electrons. The molecule has 22 heavy (non-hydrogen) atoms. The molecule has 0 fully saturated rings. The lowest BCUT2D eigenvalue weighted by molar-refractivity contribution is -0.139. The van der Waals surface area contributed by atoms with Crippen LogP contribution in [0.4, 0.5) is 13.2 Å². The number of benzene rings is 2. The fourth-order valence-corrected chi connectivity index (χ4v) is 2.29. The average Bonchev–Trinajstić information content (AvgIpc) is 2.48. The van der Waals surface area contributed by atoms with Crippen molar-refractivity contribution in [3.05, 3.63) is 71.3 Å². The van der Waals surface area contributed by atoms with Crippen molar-refractivity contribution in [2.45, 2.75) is 24.9 Å². The zero-order chi connectivity index (χ0) is 16.2. The number of carbonyl (C=O) groups is 1. The van der Waals surface area contributed by atoms with Gasteiger partial charge in [0.1, 0.15) is 0 Å². The monoisotopic (exact) mass is 308 g/mol. The Labute approximate surface area is 126 Å². The van der Waals surface area contributed by atoms with Crippen LogP contribution in [0.2, 0.25) is 0 Å². The van der Waals surface area contributed by atoms with Gasteiger partial charge in [0.15, 0.2) is 0 Å². The molecule has 1 N–H and O–H groups in total. The third kappa shape index (κ3) is 4.10. The van der Waals surface area contributed by atoms with Gasteiger partial charge in [-0.1, -0.05) is 42.5 Å². The zero-order valence-electron chi connectivity index (χ0n) is 11.7. The minimum Gasteiger partial charge on any atom is -0.481 e. The largest absolute Gasteiger partial charge is 0.481 e. The van der Waals surface area contributed by atoms with E-state index in [4.69, 9.17) is 0 Å². The number of halogens is 3. The lowest BCUT2D eigenvalue weighted by atomic mass is 9.92. The Hall–Kier alpha value is -2.30. The van der Waals surface area contributed by atoms with E-state index in [9.17, 15) is 23.1 Å². The predicted octanol–water partition coefficient (Wildman–Crippen LogP) is 4.51. The van der Waals surface area contributed by atoms with E-state index in [0.29, 0.717) is 18.4 Å². The Bertz CT molecular complexity index is 619. The van der Waals surface area contributed by atoms with Crippen LogP contribution in [0.5, 0.6) is 0 Å². The molecular formula is C17H15F3O2. The predicted molar refractivity (Wildman–Crippen MR) is 76.6 cm³/mol. The van der Waals surface area contributed by atoms with E-state index >= 15 is 0 Å². The minimum absolute atomic E-state index is 0.338. The first-order chi connectivity index (χ1) is 10.4. The van der Waals surface area contributed by atoms with Crippen LogP contribution in [0.25, 0.3) is 0 Å². The van der Waals surface area contributed by atoms with Gasteiger partial charge < -0.3 is 5.11 Å². The van der Waals surface area contributed by atoms with E-state index in [0.717, 1.165) is 17.7 Å². The Morgan fingerprint density at radius 3 is 2.09 bits per heavy atom. The summed E-state index contributed by atoms with van der Waals surface area (Å²) in [5.74, 6) is -1.85. The van der Waals surface area contributed by atoms with Crippen LogP contribution < -0.4 is 0 Å². The molecule has 5 heteroatoms. The molecule has 2 aromatic rings. The van der Waals surface area contributed by atoms with Crippen LogP contribution in [-0.4, -0.2) is 11.1 Å². The average molecular weight is 308 g/mol. The van der Waals surface area contributed by atoms with E-state index < -0.39 is 23.6 Å². The third-order valence-electron chi connectivity index (χ3n) is 3.50. The number of alkyl halides is 3. The highest BCUT2D eigenvalue weighted by Gasteiger charge is 2.30. The Morgan fingerprint density at radius 2 is 1.59 bits per heavy atom. The van der Waals surface area contributed by atoms with Gasteiger partial charge in [-0.3, -0.25) is 4.79 Å². The number of aryl methyl sites for hydroxylation is 1. The first-order valence-electron chi connectivity index (χ1n) is 6.82. The second-order valence-electron chi connectivity index (χ2n) is 5.03. The smallest absolute Gasteiger partial charge is 0.416 e. The van der Waals surface area contributed by atoms with Gasteiger partial charge in [0.25, 0.3) is 0 Å². The molecule has 0 amide bonds. The van der Waals surface area contributed by atoms with Gasteiger partial charge in [0, 0.05) is 0 Å². The molecule has 0 radical (unpaired) electrons. The molecular weight excluding hydrogens is 293 g/mol. The van der Waals surface area contributed by atoms with Crippen molar-refractivity contribution in [3.8, 4) is 0 Å². The fourth-order valence-electron chi connectivity index (χ4n) is 2.29. The Balaban J connectivity index is 2.13. The third-order valence-corrected chi connectivity index (χ3v) is 3.50. The maximum absolute atomic E-state index is 12.5. The molecule has 0 saturated carbocycles. The molecule has 0 spiro atoms. The van der Waals surface area contributed by atoms with Gasteiger partial charge in [-0.05, 0) is 36.1 Å². The molecule has 0 aliphatic rings. The van der Waals surface area contributed by atoms with E-state index in [1.54, 1.807) is 0 Å². The quantitative estimate of drug-likeness (QED) is 0.882. The normalized spacial score (nSPS) is 12.9. The summed E-state index contributed by atoms with van der Waals surface area (Å²) in [5.41, 5.74) is 0.612. The maximum atomic E-state index is 12.5. The van der Waals surface area contributed by atoms with Crippen LogP contribution >= 0.6 is 0 Å². The number of hydrogen-bond acceptors (Lipinski definition) is 1. The summed E-state index contributed by atoms with van der Waals surface area (Å²) in [6.45, 7) is 0. The number of aliphatic carboxylic acids is 1. The van der Waals surface area contributed by atoms with Crippen LogP contribution in [0.3, 0.4) is 0 Å². The van der Waals surface area contributed by atoms with Crippen molar-refractivity contribution < 1.29 is 23.1 Å². The van der Waals surface area contributed by atoms with E-state index in [1.807, 2.05) is 30.3 Å². The van der Waals surface area contributed by atoms with Crippen LogP contribution in [0, 0.1) is 0 Å². The summed E-state index contributed by atoms with van der Waals surface area (Å²) in [7, 11) is 0. The second kappa shape index (κ2) is 6.64. The molecule has 0 aromatic heterocycles. The summed E-state index contributed by atoms with van der Waals surface area (Å²) in [6.07, 6.45) is -3.52. The van der Waals surface area contributed by atoms with E-state index in [2.05, 4.69) is 0 Å². The van der Waals surface area contributed by atoms with Gasteiger partial charge in [-0.15, -0.1) is 0 Å². The Kier molecular flexibility index (Phi) is 4.85. The first kappa shape index (κ1) is 16.1. The molecule has 0 aliphatic carbocycles. The second-order valence-corrected chi connectivity index (χ2v) is 5.03. The van der Waals surface area contributed by atoms with Crippen LogP contribution in [0.1, 0.15) is 29.0 Å². The number of rotatable bonds is 5. The van der Waals surface area contributed by atoms with Crippen molar-refractivity contribution in [1.82, 2.24) is 0 Å². The Morgan fingerprint density at radius 1 is 1.00 bits per heavy atom. The van der Waals surface area contributed by atoms with Crippen molar-refractivity contribution in [3.63, 3.8) is 0 Å². The van der Waals surface area contributed by atoms with E-state index in [-0.39, 0.29) is 0 Å². The highest BCUT2D eigenvalue weighted by molar-refractivity contribution is 5.76. The summed E-state index contributed by atoms with van der Waals surface area (Å²) >= 11 is 0. The highest BCUT2D eigenvalue weighted by atomic mass is 19.4. The standard InChI is InChI=1S/C17H15F3O2/c18-17(19,20)14-9-7-13(8-10-14)15(16(21)22)11-6-12-4-2-1-3-5-12/h1-5,7-10,15H,6,11H2,(H,21,22)/t15-/m1/s1. The van der Waals surface area contributed by atoms with Crippen molar-refractivity contribution >= 4 is 5.97 Å². The zero-order valence-corrected chi connectivity index (χ0v) is 11.7. The molecule has 2 rings (SSSR count). The van der Waals surface area contributed by atoms with Gasteiger partial charge in [-0.2, -0.15) is 13.2 Å². The lowest BCUT2D eigenvalue weighted by Crippen LogP contribution is -2.13. The SMILES string of the molecule is O=C(O)[C@H](CCc1ccccc1)c1ccc(C(F)(F)F)cc1. The lowest BCUT2D eigenvalue weighted by Gasteiger charge is -2.14. The number of carboxylic acids is 1. The number of hydrogen-bond donors (Lipinski definition) is 1. The van der Waals surface area contributed by atoms with E-state index in [1.165, 1.54) is 12.1 Å². The molecule has 0 saturated heterocycles. The topological polar surface area (TPSA) is 37.3 Å². The van der Waals surface area contributed by atoms with Gasteiger partial charge >= 0.3 is 12.1 Å².